The number of benzene rings is 2. The van der Waals surface area contributed by atoms with Crippen molar-refractivity contribution in [3.8, 4) is 0 Å². The lowest BCUT2D eigenvalue weighted by Crippen LogP contribution is -1.97. The van der Waals surface area contributed by atoms with Crippen molar-refractivity contribution in [1.29, 1.82) is 0 Å². The van der Waals surface area contributed by atoms with Gasteiger partial charge in [-0.05, 0) is 29.8 Å². The van der Waals surface area contributed by atoms with Crippen molar-refractivity contribution in [2.75, 3.05) is 5.73 Å². The smallest absolute Gasteiger partial charge is 0.294 e. The number of nitrogens with two attached hydrogens (primary N) is 1. The molecule has 5 heteroatoms. The number of hydrogen-bond donors (Lipinski definition) is 2. The lowest BCUT2D eigenvalue weighted by molar-refractivity contribution is 0.483. The van der Waals surface area contributed by atoms with E-state index >= 15 is 0 Å². The SMILES string of the molecule is C=Cc1ccccc1.Nc1ccc(S(=O)(=O)O)cc1. The Morgan fingerprint density at radius 2 is 1.53 bits per heavy atom. The molecule has 0 fully saturated rings. The average Bonchev–Trinajstić information content (AvgIpc) is 2.40. The predicted octanol–water partition coefficient (Wildman–Crippen LogP) is 2.85. The molecule has 3 N–H and O–H groups in total. The Labute approximate surface area is 113 Å². The first-order valence-corrected chi connectivity index (χ1v) is 6.88. The minimum Gasteiger partial charge on any atom is -0.399 e. The molecule has 0 aliphatic carbocycles. The molecule has 0 unspecified atom stereocenters. The molecule has 0 heterocycles. The number of nitrogen functional groups attached to an aromatic ring is 1. The van der Waals surface area contributed by atoms with Crippen LogP contribution in [0.25, 0.3) is 6.08 Å². The highest BCUT2D eigenvalue weighted by Crippen LogP contribution is 2.10. The monoisotopic (exact) mass is 277 g/mol. The summed E-state index contributed by atoms with van der Waals surface area (Å²) in [6, 6.07) is 15.3. The summed E-state index contributed by atoms with van der Waals surface area (Å²) in [6.45, 7) is 3.63. The van der Waals surface area contributed by atoms with Crippen LogP contribution in [0.4, 0.5) is 5.69 Å². The normalized spacial score (nSPS) is 10.2. The van der Waals surface area contributed by atoms with E-state index in [1.807, 2.05) is 36.4 Å². The van der Waals surface area contributed by atoms with Crippen LogP contribution in [0.15, 0.2) is 66.1 Å². The van der Waals surface area contributed by atoms with Gasteiger partial charge >= 0.3 is 0 Å². The topological polar surface area (TPSA) is 80.4 Å². The highest BCUT2D eigenvalue weighted by atomic mass is 32.2. The summed E-state index contributed by atoms with van der Waals surface area (Å²) < 4.78 is 29.4. The maximum Gasteiger partial charge on any atom is 0.294 e. The second kappa shape index (κ2) is 6.72. The zero-order valence-electron chi connectivity index (χ0n) is 10.2. The molecule has 2 aromatic carbocycles. The molecule has 0 aliphatic heterocycles. The van der Waals surface area contributed by atoms with Gasteiger partial charge in [-0.1, -0.05) is 43.0 Å². The van der Waals surface area contributed by atoms with Gasteiger partial charge < -0.3 is 5.73 Å². The van der Waals surface area contributed by atoms with Crippen LogP contribution in [0, 0.1) is 0 Å². The van der Waals surface area contributed by atoms with E-state index < -0.39 is 10.1 Å². The Kier molecular flexibility index (Phi) is 5.29. The van der Waals surface area contributed by atoms with Crippen molar-refractivity contribution in [1.82, 2.24) is 0 Å². The van der Waals surface area contributed by atoms with E-state index in [1.165, 1.54) is 29.8 Å². The maximum atomic E-state index is 10.5. The summed E-state index contributed by atoms with van der Waals surface area (Å²) in [5, 5.41) is 0. The molecule has 0 saturated heterocycles. The molecule has 2 rings (SSSR count). The van der Waals surface area contributed by atoms with Crippen LogP contribution in [-0.4, -0.2) is 13.0 Å². The molecule has 0 radical (unpaired) electrons. The third kappa shape index (κ3) is 5.37. The van der Waals surface area contributed by atoms with Crippen molar-refractivity contribution in [3.05, 3.63) is 66.7 Å². The molecule has 19 heavy (non-hydrogen) atoms. The summed E-state index contributed by atoms with van der Waals surface area (Å²) in [5.41, 5.74) is 6.92. The van der Waals surface area contributed by atoms with Crippen molar-refractivity contribution >= 4 is 21.9 Å². The zero-order chi connectivity index (χ0) is 14.3. The first-order valence-electron chi connectivity index (χ1n) is 5.44. The van der Waals surface area contributed by atoms with Crippen LogP contribution in [0.2, 0.25) is 0 Å². The fourth-order valence-corrected chi connectivity index (χ4v) is 1.71. The molecular weight excluding hydrogens is 262 g/mol. The Morgan fingerprint density at radius 1 is 1.00 bits per heavy atom. The van der Waals surface area contributed by atoms with Crippen LogP contribution in [0.5, 0.6) is 0 Å². The van der Waals surface area contributed by atoms with Gasteiger partial charge in [-0.3, -0.25) is 4.55 Å². The highest BCUT2D eigenvalue weighted by molar-refractivity contribution is 7.85. The summed E-state index contributed by atoms with van der Waals surface area (Å²) >= 11 is 0. The zero-order valence-corrected chi connectivity index (χ0v) is 11.0. The number of rotatable bonds is 2. The molecule has 0 saturated carbocycles. The van der Waals surface area contributed by atoms with Gasteiger partial charge in [0.05, 0.1) is 4.90 Å². The van der Waals surface area contributed by atoms with Crippen LogP contribution in [0.3, 0.4) is 0 Å². The molecule has 0 spiro atoms. The highest BCUT2D eigenvalue weighted by Gasteiger charge is 2.06. The molecule has 0 bridgehead atoms. The van der Waals surface area contributed by atoms with E-state index in [-0.39, 0.29) is 4.90 Å². The van der Waals surface area contributed by atoms with E-state index in [9.17, 15) is 8.42 Å². The summed E-state index contributed by atoms with van der Waals surface area (Å²) in [7, 11) is -4.08. The third-order valence-electron chi connectivity index (χ3n) is 2.21. The minimum absolute atomic E-state index is 0.147. The van der Waals surface area contributed by atoms with E-state index in [0.29, 0.717) is 5.69 Å². The predicted molar refractivity (Wildman–Crippen MR) is 77.2 cm³/mol. The molecule has 0 aliphatic rings. The molecule has 0 amide bonds. The summed E-state index contributed by atoms with van der Waals surface area (Å²) in [5.74, 6) is 0. The second-order valence-electron chi connectivity index (χ2n) is 3.66. The fourth-order valence-electron chi connectivity index (χ4n) is 1.23. The Hall–Kier alpha value is -2.11. The van der Waals surface area contributed by atoms with Crippen molar-refractivity contribution < 1.29 is 13.0 Å². The molecule has 4 nitrogen and oxygen atoms in total. The van der Waals surface area contributed by atoms with E-state index in [1.54, 1.807) is 0 Å². The summed E-state index contributed by atoms with van der Waals surface area (Å²) in [4.78, 5) is -0.147. The van der Waals surface area contributed by atoms with Crippen molar-refractivity contribution in [3.63, 3.8) is 0 Å². The first kappa shape index (κ1) is 14.9. The molecule has 2 aromatic rings. The van der Waals surface area contributed by atoms with Crippen molar-refractivity contribution in [2.24, 2.45) is 0 Å². The number of anilines is 1. The second-order valence-corrected chi connectivity index (χ2v) is 5.08. The van der Waals surface area contributed by atoms with E-state index in [4.69, 9.17) is 10.3 Å². The van der Waals surface area contributed by atoms with Crippen molar-refractivity contribution in [2.45, 2.75) is 4.90 Å². The van der Waals surface area contributed by atoms with Gasteiger partial charge in [-0.25, -0.2) is 0 Å². The fraction of sp³-hybridized carbons (Fsp3) is 0. The maximum absolute atomic E-state index is 10.5. The Bertz CT molecular complexity index is 620. The van der Waals surface area contributed by atoms with E-state index in [2.05, 4.69) is 6.58 Å². The van der Waals surface area contributed by atoms with Gasteiger partial charge in [-0.2, -0.15) is 8.42 Å². The van der Waals surface area contributed by atoms with Gasteiger partial charge in [0.15, 0.2) is 0 Å². The van der Waals surface area contributed by atoms with Gasteiger partial charge in [0, 0.05) is 5.69 Å². The Balaban J connectivity index is 0.000000200. The molecular formula is C14H15NO3S. The van der Waals surface area contributed by atoms with Gasteiger partial charge in [0.1, 0.15) is 0 Å². The lowest BCUT2D eigenvalue weighted by atomic mass is 10.2. The average molecular weight is 277 g/mol. The molecule has 0 aromatic heterocycles. The quantitative estimate of drug-likeness (QED) is 0.653. The van der Waals surface area contributed by atoms with Gasteiger partial charge in [0.25, 0.3) is 10.1 Å². The first-order chi connectivity index (χ1) is 8.93. The van der Waals surface area contributed by atoms with Crippen LogP contribution in [0.1, 0.15) is 5.56 Å². The number of hydrogen-bond acceptors (Lipinski definition) is 3. The molecule has 0 atom stereocenters. The third-order valence-corrected chi connectivity index (χ3v) is 3.08. The lowest BCUT2D eigenvalue weighted by Gasteiger charge is -1.95. The van der Waals surface area contributed by atoms with E-state index in [0.717, 1.165) is 0 Å². The Morgan fingerprint density at radius 3 is 1.89 bits per heavy atom. The van der Waals surface area contributed by atoms with Gasteiger partial charge in [0.2, 0.25) is 0 Å². The van der Waals surface area contributed by atoms with Crippen LogP contribution < -0.4 is 5.73 Å². The van der Waals surface area contributed by atoms with Crippen LogP contribution in [-0.2, 0) is 10.1 Å². The van der Waals surface area contributed by atoms with Crippen LogP contribution >= 0.6 is 0 Å². The molecule has 100 valence electrons. The minimum atomic E-state index is -4.08. The van der Waals surface area contributed by atoms with Gasteiger partial charge in [-0.15, -0.1) is 0 Å². The summed E-state index contributed by atoms with van der Waals surface area (Å²) in [6.07, 6.45) is 1.83. The standard InChI is InChI=1S/C8H8.C6H7NO3S/c1-2-8-6-4-3-5-7-8;7-5-1-3-6(4-2-5)11(8,9)10/h2-7H,1H2;1-4H,7H2,(H,8,9,10). The largest absolute Gasteiger partial charge is 0.399 e.